The molecule has 0 fully saturated rings. The van der Waals surface area contributed by atoms with Gasteiger partial charge in [0.2, 0.25) is 5.91 Å². The van der Waals surface area contributed by atoms with Gasteiger partial charge in [0, 0.05) is 10.7 Å². The predicted octanol–water partition coefficient (Wildman–Crippen LogP) is 1.49. The summed E-state index contributed by atoms with van der Waals surface area (Å²) in [5, 5.41) is 9.13. The molecule has 2 aromatic rings. The van der Waals surface area contributed by atoms with Gasteiger partial charge in [-0.2, -0.15) is 0 Å². The van der Waals surface area contributed by atoms with E-state index in [2.05, 4.69) is 31.8 Å². The van der Waals surface area contributed by atoms with E-state index in [1.54, 1.807) is 24.4 Å². The zero-order valence-electron chi connectivity index (χ0n) is 10.3. The number of halogens is 1. The Morgan fingerprint density at radius 3 is 2.50 bits per heavy atom. The van der Waals surface area contributed by atoms with Crippen molar-refractivity contribution in [2.24, 2.45) is 0 Å². The van der Waals surface area contributed by atoms with Crippen molar-refractivity contribution >= 4 is 27.7 Å². The number of phenols is 1. The van der Waals surface area contributed by atoms with Gasteiger partial charge in [-0.05, 0) is 39.7 Å². The summed E-state index contributed by atoms with van der Waals surface area (Å²) in [6, 6.07) is 7.87. The minimum absolute atomic E-state index is 0.106. The van der Waals surface area contributed by atoms with Crippen LogP contribution in [0.5, 0.6) is 5.75 Å². The van der Waals surface area contributed by atoms with Crippen LogP contribution in [0, 0.1) is 0 Å². The van der Waals surface area contributed by atoms with Gasteiger partial charge in [-0.15, -0.1) is 0 Å². The molecule has 7 heteroatoms. The molecule has 0 atom stereocenters. The van der Waals surface area contributed by atoms with E-state index in [1.807, 2.05) is 0 Å². The summed E-state index contributed by atoms with van der Waals surface area (Å²) >= 11 is 3.21. The number of hydrazine groups is 1. The van der Waals surface area contributed by atoms with Crippen LogP contribution in [0.25, 0.3) is 0 Å². The van der Waals surface area contributed by atoms with Crippen LogP contribution in [-0.4, -0.2) is 21.9 Å². The number of aromatic hydroxyl groups is 1. The standard InChI is InChI=1S/C13H12BrN3O3/c14-9-6-11(15-7-9)13(20)17-16-12(19)5-8-1-3-10(18)4-2-8/h1-4,6-7,15,18H,5H2,(H,16,19)(H,17,20). The molecule has 0 aliphatic carbocycles. The Morgan fingerprint density at radius 1 is 1.20 bits per heavy atom. The second-order valence-corrected chi connectivity index (χ2v) is 4.99. The summed E-state index contributed by atoms with van der Waals surface area (Å²) in [6.07, 6.45) is 1.72. The molecule has 0 spiro atoms. The van der Waals surface area contributed by atoms with Gasteiger partial charge in [-0.25, -0.2) is 0 Å². The lowest BCUT2D eigenvalue weighted by atomic mass is 10.1. The van der Waals surface area contributed by atoms with Gasteiger partial charge >= 0.3 is 0 Å². The maximum Gasteiger partial charge on any atom is 0.286 e. The highest BCUT2D eigenvalue weighted by atomic mass is 79.9. The molecule has 0 aliphatic heterocycles. The second-order valence-electron chi connectivity index (χ2n) is 4.08. The van der Waals surface area contributed by atoms with Crippen LogP contribution in [0.2, 0.25) is 0 Å². The summed E-state index contributed by atoms with van der Waals surface area (Å²) in [7, 11) is 0. The van der Waals surface area contributed by atoms with Gasteiger partial charge in [-0.3, -0.25) is 20.4 Å². The van der Waals surface area contributed by atoms with E-state index >= 15 is 0 Å². The Morgan fingerprint density at radius 2 is 1.90 bits per heavy atom. The van der Waals surface area contributed by atoms with Gasteiger partial charge in [0.1, 0.15) is 11.4 Å². The average molecular weight is 338 g/mol. The number of amides is 2. The molecule has 2 amide bonds. The van der Waals surface area contributed by atoms with Gasteiger partial charge in [0.15, 0.2) is 0 Å². The minimum atomic E-state index is -0.435. The third-order valence-corrected chi connectivity index (χ3v) is 2.97. The lowest BCUT2D eigenvalue weighted by Gasteiger charge is -2.06. The Bertz CT molecular complexity index is 622. The van der Waals surface area contributed by atoms with Crippen LogP contribution < -0.4 is 10.9 Å². The first-order chi connectivity index (χ1) is 9.54. The summed E-state index contributed by atoms with van der Waals surface area (Å²) in [6.45, 7) is 0. The number of hydrogen-bond acceptors (Lipinski definition) is 3. The number of carbonyl (C=O) groups is 2. The van der Waals surface area contributed by atoms with E-state index in [0.717, 1.165) is 10.0 Å². The number of benzene rings is 1. The van der Waals surface area contributed by atoms with Crippen LogP contribution in [0.3, 0.4) is 0 Å². The zero-order valence-corrected chi connectivity index (χ0v) is 11.9. The van der Waals surface area contributed by atoms with Crippen molar-refractivity contribution < 1.29 is 14.7 Å². The molecule has 2 rings (SSSR count). The maximum absolute atomic E-state index is 11.6. The number of carbonyl (C=O) groups excluding carboxylic acids is 2. The fraction of sp³-hybridized carbons (Fsp3) is 0.0769. The normalized spacial score (nSPS) is 10.1. The van der Waals surface area contributed by atoms with Crippen molar-refractivity contribution in [1.82, 2.24) is 15.8 Å². The number of aromatic amines is 1. The number of rotatable bonds is 3. The van der Waals surface area contributed by atoms with Crippen molar-refractivity contribution in [2.75, 3.05) is 0 Å². The van der Waals surface area contributed by atoms with Gasteiger partial charge in [0.25, 0.3) is 5.91 Å². The summed E-state index contributed by atoms with van der Waals surface area (Å²) in [5.41, 5.74) is 5.69. The quantitative estimate of drug-likeness (QED) is 0.639. The third kappa shape index (κ3) is 3.86. The molecule has 1 aromatic heterocycles. The summed E-state index contributed by atoms with van der Waals surface area (Å²) in [5.74, 6) is -0.649. The van der Waals surface area contributed by atoms with Crippen LogP contribution in [0.4, 0.5) is 0 Å². The van der Waals surface area contributed by atoms with E-state index in [-0.39, 0.29) is 18.1 Å². The molecule has 0 saturated carbocycles. The smallest absolute Gasteiger partial charge is 0.286 e. The first-order valence-corrected chi connectivity index (χ1v) is 6.55. The Labute approximate surface area is 123 Å². The van der Waals surface area contributed by atoms with Crippen molar-refractivity contribution in [3.8, 4) is 5.75 Å². The number of aromatic nitrogens is 1. The Kier molecular flexibility index (Phi) is 4.41. The van der Waals surface area contributed by atoms with E-state index in [0.29, 0.717) is 5.69 Å². The molecule has 0 aliphatic rings. The molecule has 6 nitrogen and oxygen atoms in total. The van der Waals surface area contributed by atoms with Crippen LogP contribution in [0.15, 0.2) is 41.0 Å². The SMILES string of the molecule is O=C(Cc1ccc(O)cc1)NNC(=O)c1cc(Br)c[nH]1. The summed E-state index contributed by atoms with van der Waals surface area (Å²) < 4.78 is 0.748. The monoisotopic (exact) mass is 337 g/mol. The zero-order chi connectivity index (χ0) is 14.5. The topological polar surface area (TPSA) is 94.2 Å². The second kappa shape index (κ2) is 6.25. The predicted molar refractivity (Wildman–Crippen MR) is 75.9 cm³/mol. The molecule has 20 heavy (non-hydrogen) atoms. The molecule has 0 radical (unpaired) electrons. The molecule has 4 N–H and O–H groups in total. The Hall–Kier alpha value is -2.28. The van der Waals surface area contributed by atoms with E-state index in [4.69, 9.17) is 5.11 Å². The van der Waals surface area contributed by atoms with Gasteiger partial charge in [0.05, 0.1) is 6.42 Å². The van der Waals surface area contributed by atoms with Crippen LogP contribution in [0.1, 0.15) is 16.1 Å². The largest absolute Gasteiger partial charge is 0.508 e. The highest BCUT2D eigenvalue weighted by Gasteiger charge is 2.09. The Balaban J connectivity index is 1.83. The molecule has 0 unspecified atom stereocenters. The van der Waals surface area contributed by atoms with Crippen molar-refractivity contribution in [1.29, 1.82) is 0 Å². The van der Waals surface area contributed by atoms with Crippen molar-refractivity contribution in [2.45, 2.75) is 6.42 Å². The number of hydrogen-bond donors (Lipinski definition) is 4. The van der Waals surface area contributed by atoms with Crippen molar-refractivity contribution in [3.63, 3.8) is 0 Å². The van der Waals surface area contributed by atoms with Gasteiger partial charge in [-0.1, -0.05) is 12.1 Å². The summed E-state index contributed by atoms with van der Waals surface area (Å²) in [4.78, 5) is 26.0. The highest BCUT2D eigenvalue weighted by molar-refractivity contribution is 9.10. The molecule has 104 valence electrons. The van der Waals surface area contributed by atoms with Crippen LogP contribution in [-0.2, 0) is 11.2 Å². The lowest BCUT2D eigenvalue weighted by Crippen LogP contribution is -2.42. The number of H-pyrrole nitrogens is 1. The fourth-order valence-corrected chi connectivity index (χ4v) is 1.88. The van der Waals surface area contributed by atoms with Crippen LogP contribution >= 0.6 is 15.9 Å². The average Bonchev–Trinajstić information content (AvgIpc) is 2.85. The molecule has 0 saturated heterocycles. The number of phenolic OH excluding ortho intramolecular Hbond substituents is 1. The van der Waals surface area contributed by atoms with E-state index < -0.39 is 5.91 Å². The molecule has 1 heterocycles. The van der Waals surface area contributed by atoms with Crippen molar-refractivity contribution in [3.05, 3.63) is 52.3 Å². The molecular formula is C13H12BrN3O3. The molecule has 1 aromatic carbocycles. The maximum atomic E-state index is 11.6. The minimum Gasteiger partial charge on any atom is -0.508 e. The third-order valence-electron chi connectivity index (χ3n) is 2.51. The lowest BCUT2D eigenvalue weighted by molar-refractivity contribution is -0.121. The van der Waals surface area contributed by atoms with Gasteiger partial charge < -0.3 is 10.1 Å². The molecular weight excluding hydrogens is 326 g/mol. The first-order valence-electron chi connectivity index (χ1n) is 5.75. The molecule has 0 bridgehead atoms. The van der Waals surface area contributed by atoms with E-state index in [9.17, 15) is 9.59 Å². The highest BCUT2D eigenvalue weighted by Crippen LogP contribution is 2.10. The number of nitrogens with one attached hydrogen (secondary N) is 3. The van der Waals surface area contributed by atoms with E-state index in [1.165, 1.54) is 12.1 Å². The first kappa shape index (κ1) is 14.1. The fourth-order valence-electron chi connectivity index (χ4n) is 1.54.